The van der Waals surface area contributed by atoms with Crippen LogP contribution in [0.25, 0.3) is 0 Å². The van der Waals surface area contributed by atoms with Gasteiger partial charge in [-0.15, -0.1) is 0 Å². The van der Waals surface area contributed by atoms with Gasteiger partial charge in [-0.05, 0) is 103 Å². The first-order valence-electron chi connectivity index (χ1n) is 24.0. The Morgan fingerprint density at radius 2 is 0.705 bits per heavy atom. The Morgan fingerprint density at radius 3 is 1.15 bits per heavy atom. The van der Waals surface area contributed by atoms with E-state index in [-0.39, 0.29) is 38.0 Å². The van der Waals surface area contributed by atoms with E-state index < -0.39 is 12.1 Å². The zero-order valence-electron chi connectivity index (χ0n) is 38.9. The van der Waals surface area contributed by atoms with Crippen LogP contribution in [0.15, 0.2) is 122 Å². The molecule has 61 heavy (non-hydrogen) atoms. The van der Waals surface area contributed by atoms with E-state index in [1.165, 1.54) is 6.42 Å². The van der Waals surface area contributed by atoms with Crippen LogP contribution in [0.4, 0.5) is 0 Å². The van der Waals surface area contributed by atoms with Crippen LogP contribution in [0.1, 0.15) is 188 Å². The van der Waals surface area contributed by atoms with Crippen molar-refractivity contribution in [1.82, 2.24) is 0 Å². The molecule has 0 aliphatic rings. The van der Waals surface area contributed by atoms with Crippen molar-refractivity contribution in [2.24, 2.45) is 0 Å². The molecular formula is C55H86O6. The molecule has 0 spiro atoms. The summed E-state index contributed by atoms with van der Waals surface area (Å²) in [6, 6.07) is 0. The minimum absolute atomic E-state index is 0.116. The Kier molecular flexibility index (Phi) is 45.1. The lowest BCUT2D eigenvalue weighted by molar-refractivity contribution is -0.166. The summed E-state index contributed by atoms with van der Waals surface area (Å²) in [7, 11) is 0. The average Bonchev–Trinajstić information content (AvgIpc) is 3.26. The molecule has 0 aromatic rings. The molecule has 0 saturated heterocycles. The molecule has 0 aromatic carbocycles. The number of hydrogen-bond donors (Lipinski definition) is 0. The van der Waals surface area contributed by atoms with Gasteiger partial charge in [0.2, 0.25) is 0 Å². The van der Waals surface area contributed by atoms with Gasteiger partial charge < -0.3 is 14.2 Å². The molecule has 0 rings (SSSR count). The molecule has 0 fully saturated rings. The van der Waals surface area contributed by atoms with Crippen LogP contribution in [0, 0.1) is 0 Å². The summed E-state index contributed by atoms with van der Waals surface area (Å²) in [6.07, 6.45) is 66.3. The lowest BCUT2D eigenvalue weighted by atomic mass is 10.1. The fourth-order valence-electron chi connectivity index (χ4n) is 5.92. The van der Waals surface area contributed by atoms with Crippen LogP contribution in [0.3, 0.4) is 0 Å². The Balaban J connectivity index is 4.59. The molecule has 0 amide bonds. The van der Waals surface area contributed by atoms with Crippen molar-refractivity contribution in [3.8, 4) is 0 Å². The topological polar surface area (TPSA) is 78.9 Å². The van der Waals surface area contributed by atoms with E-state index in [0.29, 0.717) is 6.42 Å². The maximum atomic E-state index is 12.8. The molecule has 0 heterocycles. The van der Waals surface area contributed by atoms with Gasteiger partial charge in [0.25, 0.3) is 0 Å². The van der Waals surface area contributed by atoms with Crippen molar-refractivity contribution in [2.75, 3.05) is 13.2 Å². The number of carbonyl (C=O) groups is 3. The Morgan fingerprint density at radius 1 is 0.361 bits per heavy atom. The maximum Gasteiger partial charge on any atom is 0.309 e. The average molecular weight is 843 g/mol. The van der Waals surface area contributed by atoms with Crippen molar-refractivity contribution in [1.29, 1.82) is 0 Å². The zero-order valence-corrected chi connectivity index (χ0v) is 38.9. The Hall–Kier alpha value is -4.19. The van der Waals surface area contributed by atoms with Crippen molar-refractivity contribution in [3.05, 3.63) is 122 Å². The highest BCUT2D eigenvalue weighted by molar-refractivity contribution is 5.72. The quantitative estimate of drug-likeness (QED) is 0.0264. The summed E-state index contributed by atoms with van der Waals surface area (Å²) in [5.41, 5.74) is 0. The summed E-state index contributed by atoms with van der Waals surface area (Å²) in [4.78, 5) is 37.8. The van der Waals surface area contributed by atoms with Crippen LogP contribution in [-0.4, -0.2) is 37.2 Å². The molecule has 0 saturated carbocycles. The van der Waals surface area contributed by atoms with Gasteiger partial charge in [-0.3, -0.25) is 14.4 Å². The molecule has 0 aliphatic heterocycles. The molecule has 0 bridgehead atoms. The summed E-state index contributed by atoms with van der Waals surface area (Å²) >= 11 is 0. The summed E-state index contributed by atoms with van der Waals surface area (Å²) in [6.45, 7) is 6.20. The molecule has 342 valence electrons. The highest BCUT2D eigenvalue weighted by atomic mass is 16.6. The number of allylic oxidation sites excluding steroid dienone is 19. The molecule has 1 atom stereocenters. The van der Waals surface area contributed by atoms with Crippen LogP contribution in [-0.2, 0) is 28.6 Å². The van der Waals surface area contributed by atoms with Gasteiger partial charge in [-0.1, -0.05) is 187 Å². The van der Waals surface area contributed by atoms with Crippen molar-refractivity contribution in [3.63, 3.8) is 0 Å². The lowest BCUT2D eigenvalue weighted by Crippen LogP contribution is -2.30. The largest absolute Gasteiger partial charge is 0.462 e. The first kappa shape index (κ1) is 56.8. The number of hydrogen-bond acceptors (Lipinski definition) is 6. The highest BCUT2D eigenvalue weighted by Gasteiger charge is 2.19. The SMILES string of the molecule is CC/C=C\C/C=C\C/C=C\C/C=C\C/C=C\CC(=O)OCC(COC(=O)CCCCCCC/C=C\C/C=C\CCC)OC(=O)CCCCCCC/C=C\C/C=C\C/C=C\CC. The predicted octanol–water partition coefficient (Wildman–Crippen LogP) is 15.7. The Bertz CT molecular complexity index is 1340. The van der Waals surface area contributed by atoms with E-state index in [1.54, 1.807) is 6.08 Å². The van der Waals surface area contributed by atoms with Gasteiger partial charge in [0, 0.05) is 12.8 Å². The smallest absolute Gasteiger partial charge is 0.309 e. The number of rotatable bonds is 41. The number of carbonyl (C=O) groups excluding carboxylic acids is 3. The standard InChI is InChI=1S/C55H86O6/c1-4-7-10-13-16-19-22-25-27-30-33-36-39-42-45-48-54(57)60-51-52(50-59-53(56)47-44-41-38-35-32-29-24-21-18-15-12-9-6-3)61-55(58)49-46-43-40-37-34-31-28-26-23-20-17-14-11-8-5-2/h7-8,10-12,15-17,19-21,24-28,33,36,42,45,52H,4-6,9,13-14,18,22-23,29-32,34-35,37-41,43-44,46-51H2,1-3H3/b10-7-,11-8-,15-12-,19-16-,20-17-,24-21-,27-25-,28-26-,36-33-,45-42-. The summed E-state index contributed by atoms with van der Waals surface area (Å²) < 4.78 is 16.6. The van der Waals surface area contributed by atoms with Gasteiger partial charge >= 0.3 is 17.9 Å². The second-order valence-electron chi connectivity index (χ2n) is 15.3. The van der Waals surface area contributed by atoms with Gasteiger partial charge in [-0.2, -0.15) is 0 Å². The van der Waals surface area contributed by atoms with E-state index in [9.17, 15) is 14.4 Å². The van der Waals surface area contributed by atoms with E-state index in [2.05, 4.69) is 130 Å². The normalized spacial score (nSPS) is 13.2. The monoisotopic (exact) mass is 843 g/mol. The van der Waals surface area contributed by atoms with E-state index in [0.717, 1.165) is 141 Å². The third kappa shape index (κ3) is 46.7. The van der Waals surface area contributed by atoms with Gasteiger partial charge in [0.05, 0.1) is 6.42 Å². The molecule has 1 unspecified atom stereocenters. The molecule has 0 aromatic heterocycles. The first-order chi connectivity index (χ1) is 30.0. The van der Waals surface area contributed by atoms with Crippen molar-refractivity contribution in [2.45, 2.75) is 194 Å². The second-order valence-corrected chi connectivity index (χ2v) is 15.3. The fraction of sp³-hybridized carbons (Fsp3) is 0.582. The minimum atomic E-state index is -0.835. The van der Waals surface area contributed by atoms with Crippen LogP contribution < -0.4 is 0 Å². The van der Waals surface area contributed by atoms with Crippen molar-refractivity contribution < 1.29 is 28.6 Å². The molecule has 0 N–H and O–H groups in total. The first-order valence-corrected chi connectivity index (χ1v) is 24.0. The maximum absolute atomic E-state index is 12.8. The van der Waals surface area contributed by atoms with Crippen LogP contribution >= 0.6 is 0 Å². The van der Waals surface area contributed by atoms with Crippen molar-refractivity contribution >= 4 is 17.9 Å². The van der Waals surface area contributed by atoms with E-state index in [1.807, 2.05) is 6.08 Å². The van der Waals surface area contributed by atoms with E-state index >= 15 is 0 Å². The third-order valence-corrected chi connectivity index (χ3v) is 9.45. The molecule has 6 heteroatoms. The number of ether oxygens (including phenoxy) is 3. The van der Waals surface area contributed by atoms with Gasteiger partial charge in [-0.25, -0.2) is 0 Å². The zero-order chi connectivity index (χ0) is 44.4. The predicted molar refractivity (Wildman–Crippen MR) is 260 cm³/mol. The Labute approximate surface area is 373 Å². The van der Waals surface area contributed by atoms with E-state index in [4.69, 9.17) is 14.2 Å². The molecule has 0 aliphatic carbocycles. The molecule has 6 nitrogen and oxygen atoms in total. The number of unbranched alkanes of at least 4 members (excludes halogenated alkanes) is 11. The number of esters is 3. The van der Waals surface area contributed by atoms with Crippen LogP contribution in [0.2, 0.25) is 0 Å². The third-order valence-electron chi connectivity index (χ3n) is 9.45. The second kappa shape index (κ2) is 48.5. The van der Waals surface area contributed by atoms with Gasteiger partial charge in [0.15, 0.2) is 6.10 Å². The lowest BCUT2D eigenvalue weighted by Gasteiger charge is -2.18. The molecular weight excluding hydrogens is 757 g/mol. The summed E-state index contributed by atoms with van der Waals surface area (Å²) in [5.74, 6) is -1.10. The fourth-order valence-corrected chi connectivity index (χ4v) is 5.92. The van der Waals surface area contributed by atoms with Crippen LogP contribution in [0.5, 0.6) is 0 Å². The van der Waals surface area contributed by atoms with Gasteiger partial charge in [0.1, 0.15) is 13.2 Å². The molecule has 0 radical (unpaired) electrons. The summed E-state index contributed by atoms with van der Waals surface area (Å²) in [5, 5.41) is 0. The minimum Gasteiger partial charge on any atom is -0.462 e. The highest BCUT2D eigenvalue weighted by Crippen LogP contribution is 2.12.